The van der Waals surface area contributed by atoms with Gasteiger partial charge in [-0.3, -0.25) is 0 Å². The number of rotatable bonds is 5. The molecule has 1 aromatic carbocycles. The SMILES string of the molecule is Cc1nc(CCNCc2cccc(F)c2Cl)no1. The van der Waals surface area contributed by atoms with Gasteiger partial charge in [-0.1, -0.05) is 28.9 Å². The van der Waals surface area contributed by atoms with Crippen LogP contribution < -0.4 is 5.32 Å². The summed E-state index contributed by atoms with van der Waals surface area (Å²) in [4.78, 5) is 4.08. The molecule has 2 rings (SSSR count). The van der Waals surface area contributed by atoms with E-state index in [4.69, 9.17) is 16.1 Å². The molecule has 0 radical (unpaired) electrons. The molecule has 1 aromatic heterocycles. The molecule has 0 bridgehead atoms. The van der Waals surface area contributed by atoms with Crippen LogP contribution in [-0.2, 0) is 13.0 Å². The third-order valence-electron chi connectivity index (χ3n) is 2.44. The number of nitrogens with zero attached hydrogens (tertiary/aromatic N) is 2. The van der Waals surface area contributed by atoms with Crippen molar-refractivity contribution in [1.29, 1.82) is 0 Å². The predicted octanol–water partition coefficient (Wildman–Crippen LogP) is 2.50. The fourth-order valence-electron chi connectivity index (χ4n) is 1.55. The highest BCUT2D eigenvalue weighted by Crippen LogP contribution is 2.19. The van der Waals surface area contributed by atoms with Crippen molar-refractivity contribution in [2.45, 2.75) is 19.9 Å². The lowest BCUT2D eigenvalue weighted by atomic mass is 10.2. The van der Waals surface area contributed by atoms with Gasteiger partial charge in [0.25, 0.3) is 0 Å². The van der Waals surface area contributed by atoms with Crippen molar-refractivity contribution in [2.75, 3.05) is 6.54 Å². The van der Waals surface area contributed by atoms with Crippen LogP contribution in [0.15, 0.2) is 22.7 Å². The van der Waals surface area contributed by atoms with E-state index in [1.807, 2.05) is 0 Å². The average Bonchev–Trinajstić information content (AvgIpc) is 2.76. The van der Waals surface area contributed by atoms with Gasteiger partial charge < -0.3 is 9.84 Å². The Bertz CT molecular complexity index is 530. The van der Waals surface area contributed by atoms with Crippen molar-refractivity contribution in [3.8, 4) is 0 Å². The summed E-state index contributed by atoms with van der Waals surface area (Å²) in [5.74, 6) is 0.813. The number of halogens is 2. The molecule has 0 spiro atoms. The molecule has 0 saturated carbocycles. The van der Waals surface area contributed by atoms with Crippen LogP contribution in [-0.4, -0.2) is 16.7 Å². The highest BCUT2D eigenvalue weighted by atomic mass is 35.5. The summed E-state index contributed by atoms with van der Waals surface area (Å²) < 4.78 is 18.0. The minimum Gasteiger partial charge on any atom is -0.340 e. The van der Waals surface area contributed by atoms with E-state index in [0.29, 0.717) is 31.2 Å². The first-order valence-electron chi connectivity index (χ1n) is 5.59. The van der Waals surface area contributed by atoms with Gasteiger partial charge in [0.2, 0.25) is 5.89 Å². The molecule has 0 unspecified atom stereocenters. The van der Waals surface area contributed by atoms with Crippen LogP contribution in [0.4, 0.5) is 4.39 Å². The Balaban J connectivity index is 1.80. The summed E-state index contributed by atoms with van der Waals surface area (Å²) >= 11 is 5.84. The Kier molecular flexibility index (Phi) is 4.28. The van der Waals surface area contributed by atoms with Crippen LogP contribution >= 0.6 is 11.6 Å². The summed E-state index contributed by atoms with van der Waals surface area (Å²) in [5, 5.41) is 7.10. The number of benzene rings is 1. The molecule has 0 saturated heterocycles. The summed E-state index contributed by atoms with van der Waals surface area (Å²) in [7, 11) is 0. The van der Waals surface area contributed by atoms with Gasteiger partial charge in [-0.15, -0.1) is 0 Å². The minimum absolute atomic E-state index is 0.167. The van der Waals surface area contributed by atoms with Crippen molar-refractivity contribution < 1.29 is 8.91 Å². The van der Waals surface area contributed by atoms with E-state index in [0.717, 1.165) is 5.56 Å². The van der Waals surface area contributed by atoms with E-state index in [2.05, 4.69) is 15.5 Å². The number of hydrogen-bond acceptors (Lipinski definition) is 4. The Hall–Kier alpha value is -1.46. The number of aromatic nitrogens is 2. The molecule has 1 N–H and O–H groups in total. The van der Waals surface area contributed by atoms with Gasteiger partial charge in [-0.05, 0) is 11.6 Å². The van der Waals surface area contributed by atoms with Crippen molar-refractivity contribution in [3.05, 3.63) is 46.3 Å². The van der Waals surface area contributed by atoms with E-state index in [1.54, 1.807) is 19.1 Å². The van der Waals surface area contributed by atoms with Crippen LogP contribution in [0.25, 0.3) is 0 Å². The third kappa shape index (κ3) is 3.27. The van der Waals surface area contributed by atoms with Crippen molar-refractivity contribution in [3.63, 3.8) is 0 Å². The molecular formula is C12H13ClFN3O. The Morgan fingerprint density at radius 2 is 2.28 bits per heavy atom. The Morgan fingerprint density at radius 3 is 3.00 bits per heavy atom. The predicted molar refractivity (Wildman–Crippen MR) is 65.9 cm³/mol. The van der Waals surface area contributed by atoms with Crippen LogP contribution in [0.1, 0.15) is 17.3 Å². The maximum absolute atomic E-state index is 13.2. The second kappa shape index (κ2) is 5.93. The lowest BCUT2D eigenvalue weighted by molar-refractivity contribution is 0.387. The smallest absolute Gasteiger partial charge is 0.223 e. The molecule has 0 atom stereocenters. The topological polar surface area (TPSA) is 51.0 Å². The maximum Gasteiger partial charge on any atom is 0.223 e. The zero-order chi connectivity index (χ0) is 13.0. The van der Waals surface area contributed by atoms with Crippen LogP contribution in [0.3, 0.4) is 0 Å². The van der Waals surface area contributed by atoms with E-state index in [1.165, 1.54) is 6.07 Å². The van der Waals surface area contributed by atoms with Crippen molar-refractivity contribution in [1.82, 2.24) is 15.5 Å². The molecule has 4 nitrogen and oxygen atoms in total. The molecule has 6 heteroatoms. The van der Waals surface area contributed by atoms with E-state index >= 15 is 0 Å². The molecule has 0 aliphatic heterocycles. The molecule has 0 aliphatic carbocycles. The molecule has 0 amide bonds. The fourth-order valence-corrected chi connectivity index (χ4v) is 1.74. The lowest BCUT2D eigenvalue weighted by Gasteiger charge is -2.06. The molecular weight excluding hydrogens is 257 g/mol. The van der Waals surface area contributed by atoms with Gasteiger partial charge in [0.15, 0.2) is 5.82 Å². The average molecular weight is 270 g/mol. The van der Waals surface area contributed by atoms with Crippen LogP contribution in [0.2, 0.25) is 5.02 Å². The number of aryl methyl sites for hydroxylation is 1. The second-order valence-corrected chi connectivity index (χ2v) is 4.25. The summed E-state index contributed by atoms with van der Waals surface area (Å²) in [6, 6.07) is 4.77. The maximum atomic E-state index is 13.2. The molecule has 2 aromatic rings. The van der Waals surface area contributed by atoms with Gasteiger partial charge in [0.05, 0.1) is 5.02 Å². The first-order chi connectivity index (χ1) is 8.66. The molecule has 0 aliphatic rings. The van der Waals surface area contributed by atoms with E-state index in [-0.39, 0.29) is 5.02 Å². The summed E-state index contributed by atoms with van der Waals surface area (Å²) in [6.45, 7) is 2.93. The zero-order valence-electron chi connectivity index (χ0n) is 9.91. The first kappa shape index (κ1) is 13.0. The summed E-state index contributed by atoms with van der Waals surface area (Å²) in [6.07, 6.45) is 0.657. The molecule has 18 heavy (non-hydrogen) atoms. The van der Waals surface area contributed by atoms with Crippen LogP contribution in [0, 0.1) is 12.7 Å². The van der Waals surface area contributed by atoms with E-state index < -0.39 is 5.82 Å². The first-order valence-corrected chi connectivity index (χ1v) is 5.97. The van der Waals surface area contributed by atoms with Gasteiger partial charge in [-0.2, -0.15) is 4.98 Å². The Morgan fingerprint density at radius 1 is 1.44 bits per heavy atom. The highest BCUT2D eigenvalue weighted by molar-refractivity contribution is 6.31. The fraction of sp³-hybridized carbons (Fsp3) is 0.333. The number of nitrogens with one attached hydrogen (secondary N) is 1. The van der Waals surface area contributed by atoms with Gasteiger partial charge >= 0.3 is 0 Å². The lowest BCUT2D eigenvalue weighted by Crippen LogP contribution is -2.17. The summed E-state index contributed by atoms with van der Waals surface area (Å²) in [5.41, 5.74) is 0.737. The molecule has 1 heterocycles. The van der Waals surface area contributed by atoms with E-state index in [9.17, 15) is 4.39 Å². The van der Waals surface area contributed by atoms with Crippen molar-refractivity contribution >= 4 is 11.6 Å². The quantitative estimate of drug-likeness (QED) is 0.848. The second-order valence-electron chi connectivity index (χ2n) is 3.87. The normalized spacial score (nSPS) is 10.8. The molecule has 0 fully saturated rings. The highest BCUT2D eigenvalue weighted by Gasteiger charge is 2.05. The van der Waals surface area contributed by atoms with Crippen molar-refractivity contribution in [2.24, 2.45) is 0 Å². The van der Waals surface area contributed by atoms with Gasteiger partial charge in [0, 0.05) is 26.4 Å². The standard InChI is InChI=1S/C12H13ClFN3O/c1-8-16-11(17-18-8)5-6-15-7-9-3-2-4-10(14)12(9)13/h2-4,15H,5-7H2,1H3. The van der Waals surface area contributed by atoms with Gasteiger partial charge in [0.1, 0.15) is 5.82 Å². The minimum atomic E-state index is -0.398. The Labute approximate surface area is 109 Å². The monoisotopic (exact) mass is 269 g/mol. The van der Waals surface area contributed by atoms with Crippen LogP contribution in [0.5, 0.6) is 0 Å². The van der Waals surface area contributed by atoms with Gasteiger partial charge in [-0.25, -0.2) is 4.39 Å². The zero-order valence-corrected chi connectivity index (χ0v) is 10.7. The largest absolute Gasteiger partial charge is 0.340 e. The number of hydrogen-bond donors (Lipinski definition) is 1. The molecule has 96 valence electrons. The third-order valence-corrected chi connectivity index (χ3v) is 2.87.